The van der Waals surface area contributed by atoms with E-state index in [1.165, 1.54) is 25.0 Å². The van der Waals surface area contributed by atoms with Gasteiger partial charge in [-0.3, -0.25) is 9.69 Å². The molecule has 1 saturated carbocycles. The largest absolute Gasteiger partial charge is 0.391 e. The predicted molar refractivity (Wildman–Crippen MR) is 119 cm³/mol. The van der Waals surface area contributed by atoms with E-state index < -0.39 is 0 Å². The fraction of sp³-hybridized carbons (Fsp3) is 0.538. The summed E-state index contributed by atoms with van der Waals surface area (Å²) in [6, 6.07) is 12.4. The normalized spacial score (nSPS) is 26.6. The van der Waals surface area contributed by atoms with E-state index in [-0.39, 0.29) is 17.9 Å². The summed E-state index contributed by atoms with van der Waals surface area (Å²) in [5.74, 6) is 1.20. The molecule has 162 valence electrons. The monoisotopic (exact) mass is 417 g/mol. The molecular formula is C26H31N3O2. The molecule has 3 fully saturated rings. The van der Waals surface area contributed by atoms with Crippen LogP contribution in [-0.2, 0) is 0 Å². The number of carbonyl (C=O) groups is 1. The number of Topliss-reactive ketones (excluding diaryl/α,β-unsaturated/α-hetero) is 1. The first-order valence-electron chi connectivity index (χ1n) is 11.7. The molecule has 2 bridgehead atoms. The Kier molecular flexibility index (Phi) is 5.24. The molecule has 2 aromatic rings. The van der Waals surface area contributed by atoms with Gasteiger partial charge in [-0.05, 0) is 81.2 Å². The first-order valence-corrected chi connectivity index (χ1v) is 11.7. The Morgan fingerprint density at radius 2 is 1.97 bits per heavy atom. The van der Waals surface area contributed by atoms with Gasteiger partial charge in [-0.15, -0.1) is 0 Å². The summed E-state index contributed by atoms with van der Waals surface area (Å²) in [4.78, 5) is 15.7. The van der Waals surface area contributed by atoms with Crippen LogP contribution in [-0.4, -0.2) is 45.1 Å². The number of benzene rings is 1. The maximum Gasteiger partial charge on any atom is 0.178 e. The van der Waals surface area contributed by atoms with E-state index in [1.807, 2.05) is 31.2 Å². The minimum atomic E-state index is -0.287. The van der Waals surface area contributed by atoms with Gasteiger partial charge in [-0.1, -0.05) is 13.3 Å². The summed E-state index contributed by atoms with van der Waals surface area (Å²) >= 11 is 0. The van der Waals surface area contributed by atoms with Crippen LogP contribution in [0.15, 0.2) is 30.3 Å². The number of nitriles is 1. The van der Waals surface area contributed by atoms with Gasteiger partial charge in [0.05, 0.1) is 24.3 Å². The molecule has 3 aliphatic rings. The summed E-state index contributed by atoms with van der Waals surface area (Å²) in [5, 5.41) is 19.4. The van der Waals surface area contributed by atoms with Crippen LogP contribution in [0.2, 0.25) is 0 Å². The molecule has 3 heterocycles. The summed E-state index contributed by atoms with van der Waals surface area (Å²) in [6.07, 6.45) is 6.38. The number of fused-ring (bicyclic) bond motifs is 2. The maximum atomic E-state index is 13.4. The average molecular weight is 418 g/mol. The Labute approximate surface area is 184 Å². The van der Waals surface area contributed by atoms with Crippen LogP contribution in [0.3, 0.4) is 0 Å². The highest BCUT2D eigenvalue weighted by molar-refractivity contribution is 5.99. The minimum absolute atomic E-state index is 0.142. The number of rotatable bonds is 6. The third kappa shape index (κ3) is 3.43. The molecule has 2 unspecified atom stereocenters. The minimum Gasteiger partial charge on any atom is -0.391 e. The van der Waals surface area contributed by atoms with Crippen molar-refractivity contribution in [3.05, 3.63) is 52.8 Å². The standard InChI is InChI=1S/C26H31N3O2/c1-16(19-4-3-5-19)24-13-22(17(2)29(24)20-8-6-18(14-27)7-9-20)26(31)15-28-21-10-11-23(28)25(30)12-21/h6-9,13,16,19,21,23,25,30H,3-5,10-12,15H2,1-2H3/t16-,21?,23?,25+/m0/s1. The molecule has 5 nitrogen and oxygen atoms in total. The second kappa shape index (κ2) is 7.93. The van der Waals surface area contributed by atoms with E-state index in [1.54, 1.807) is 0 Å². The van der Waals surface area contributed by atoms with Crippen LogP contribution >= 0.6 is 0 Å². The lowest BCUT2D eigenvalue weighted by Crippen LogP contribution is -2.36. The van der Waals surface area contributed by atoms with Crippen LogP contribution in [0, 0.1) is 24.2 Å². The summed E-state index contributed by atoms with van der Waals surface area (Å²) in [7, 11) is 0. The van der Waals surface area contributed by atoms with Crippen molar-refractivity contribution in [1.29, 1.82) is 5.26 Å². The molecule has 5 rings (SSSR count). The molecule has 1 aromatic heterocycles. The van der Waals surface area contributed by atoms with Gasteiger partial charge < -0.3 is 9.67 Å². The number of nitrogens with zero attached hydrogens (tertiary/aromatic N) is 3. The Morgan fingerprint density at radius 3 is 2.52 bits per heavy atom. The third-order valence-electron chi connectivity index (χ3n) is 8.13. The Morgan fingerprint density at radius 1 is 1.23 bits per heavy atom. The zero-order valence-corrected chi connectivity index (χ0v) is 18.4. The maximum absolute atomic E-state index is 13.4. The van der Waals surface area contributed by atoms with Crippen molar-refractivity contribution in [2.24, 2.45) is 5.92 Å². The summed E-state index contributed by atoms with van der Waals surface area (Å²) < 4.78 is 2.23. The van der Waals surface area contributed by atoms with Gasteiger partial charge in [0, 0.05) is 34.7 Å². The van der Waals surface area contributed by atoms with Crippen molar-refractivity contribution in [2.45, 2.75) is 76.5 Å². The Balaban J connectivity index is 1.49. The van der Waals surface area contributed by atoms with Crippen molar-refractivity contribution in [2.75, 3.05) is 6.54 Å². The molecular weight excluding hydrogens is 386 g/mol. The van der Waals surface area contributed by atoms with Gasteiger partial charge in [0.1, 0.15) is 0 Å². The molecule has 0 radical (unpaired) electrons. The Bertz CT molecular complexity index is 1030. The van der Waals surface area contributed by atoms with E-state index in [0.717, 1.165) is 36.2 Å². The topological polar surface area (TPSA) is 69.3 Å². The van der Waals surface area contributed by atoms with Crippen molar-refractivity contribution in [3.8, 4) is 11.8 Å². The van der Waals surface area contributed by atoms with Crippen LogP contribution in [0.4, 0.5) is 0 Å². The molecule has 5 heteroatoms. The lowest BCUT2D eigenvalue weighted by molar-refractivity contribution is 0.0873. The van der Waals surface area contributed by atoms with E-state index in [9.17, 15) is 9.90 Å². The van der Waals surface area contributed by atoms with Crippen LogP contribution in [0.5, 0.6) is 0 Å². The van der Waals surface area contributed by atoms with E-state index in [2.05, 4.69) is 28.5 Å². The second-order valence-electron chi connectivity index (χ2n) is 9.74. The number of hydrogen-bond donors (Lipinski definition) is 1. The highest BCUT2D eigenvalue weighted by Crippen LogP contribution is 2.42. The smallest absolute Gasteiger partial charge is 0.178 e. The molecule has 2 saturated heterocycles. The summed E-state index contributed by atoms with van der Waals surface area (Å²) in [5.41, 5.74) is 4.61. The van der Waals surface area contributed by atoms with Crippen molar-refractivity contribution in [3.63, 3.8) is 0 Å². The molecule has 0 spiro atoms. The van der Waals surface area contributed by atoms with Gasteiger partial charge in [0.2, 0.25) is 0 Å². The molecule has 1 aliphatic carbocycles. The number of ketones is 1. The molecule has 1 N–H and O–H groups in total. The summed E-state index contributed by atoms with van der Waals surface area (Å²) in [6.45, 7) is 4.71. The number of aliphatic hydroxyl groups excluding tert-OH is 1. The highest BCUT2D eigenvalue weighted by atomic mass is 16.3. The average Bonchev–Trinajstić information content (AvgIpc) is 3.36. The van der Waals surface area contributed by atoms with Gasteiger partial charge in [-0.2, -0.15) is 5.26 Å². The zero-order chi connectivity index (χ0) is 21.7. The number of aromatic nitrogens is 1. The van der Waals surface area contributed by atoms with Crippen molar-refractivity contribution in [1.82, 2.24) is 9.47 Å². The fourth-order valence-electron chi connectivity index (χ4n) is 6.02. The van der Waals surface area contributed by atoms with Crippen LogP contribution < -0.4 is 0 Å². The van der Waals surface area contributed by atoms with Gasteiger partial charge in [0.25, 0.3) is 0 Å². The van der Waals surface area contributed by atoms with Gasteiger partial charge in [0.15, 0.2) is 5.78 Å². The van der Waals surface area contributed by atoms with Gasteiger partial charge in [-0.25, -0.2) is 0 Å². The molecule has 0 amide bonds. The number of hydrogen-bond acceptors (Lipinski definition) is 4. The lowest BCUT2D eigenvalue weighted by Gasteiger charge is -2.32. The number of aliphatic hydroxyl groups is 1. The van der Waals surface area contributed by atoms with Gasteiger partial charge >= 0.3 is 0 Å². The van der Waals surface area contributed by atoms with Crippen LogP contribution in [0.1, 0.15) is 78.7 Å². The second-order valence-corrected chi connectivity index (χ2v) is 9.74. The fourth-order valence-corrected chi connectivity index (χ4v) is 6.02. The molecule has 1 aromatic carbocycles. The first-order chi connectivity index (χ1) is 15.0. The lowest BCUT2D eigenvalue weighted by atomic mass is 9.75. The van der Waals surface area contributed by atoms with E-state index in [0.29, 0.717) is 30.0 Å². The van der Waals surface area contributed by atoms with E-state index >= 15 is 0 Å². The molecule has 2 aliphatic heterocycles. The number of carbonyl (C=O) groups excluding carboxylic acids is 1. The quantitative estimate of drug-likeness (QED) is 0.710. The predicted octanol–water partition coefficient (Wildman–Crippen LogP) is 4.34. The zero-order valence-electron chi connectivity index (χ0n) is 18.4. The molecule has 4 atom stereocenters. The van der Waals surface area contributed by atoms with Crippen molar-refractivity contribution < 1.29 is 9.90 Å². The Hall–Kier alpha value is -2.42. The first kappa shape index (κ1) is 20.5. The third-order valence-corrected chi connectivity index (χ3v) is 8.13. The van der Waals surface area contributed by atoms with E-state index in [4.69, 9.17) is 5.26 Å². The van der Waals surface area contributed by atoms with Crippen molar-refractivity contribution >= 4 is 5.78 Å². The van der Waals surface area contributed by atoms with Crippen LogP contribution in [0.25, 0.3) is 5.69 Å². The SMILES string of the molecule is Cc1c(C(=O)CN2C3CCC2[C@H](O)C3)cc([C@@H](C)C2CCC2)n1-c1ccc(C#N)cc1. The highest BCUT2D eigenvalue weighted by Gasteiger charge is 2.46. The molecule has 31 heavy (non-hydrogen) atoms.